The van der Waals surface area contributed by atoms with Crippen LogP contribution >= 0.6 is 0 Å². The summed E-state index contributed by atoms with van der Waals surface area (Å²) in [5.74, 6) is 6.39. The molecule has 2 rings (SSSR count). The summed E-state index contributed by atoms with van der Waals surface area (Å²) < 4.78 is 0. The zero-order valence-corrected chi connectivity index (χ0v) is 11.5. The first-order valence-electron chi connectivity index (χ1n) is 7.04. The third-order valence-corrected chi connectivity index (χ3v) is 3.15. The molecule has 0 aliphatic rings. The van der Waals surface area contributed by atoms with Gasteiger partial charge in [-0.05, 0) is 42.7 Å². The minimum absolute atomic E-state index is 1.06. The summed E-state index contributed by atoms with van der Waals surface area (Å²) in [7, 11) is 0. The van der Waals surface area contributed by atoms with Crippen molar-refractivity contribution in [2.45, 2.75) is 32.6 Å². The molecule has 0 radical (unpaired) electrons. The zero-order chi connectivity index (χ0) is 13.3. The maximum atomic E-state index is 3.21. The lowest BCUT2D eigenvalue weighted by molar-refractivity contribution is 0.717. The van der Waals surface area contributed by atoms with Crippen molar-refractivity contribution in [3.8, 4) is 11.8 Å². The average molecular weight is 248 g/mol. The van der Waals surface area contributed by atoms with Gasteiger partial charge in [0.1, 0.15) is 0 Å². The average Bonchev–Trinajstić information content (AvgIpc) is 2.48. The molecule has 0 bridgehead atoms. The van der Waals surface area contributed by atoms with E-state index in [1.54, 1.807) is 0 Å². The summed E-state index contributed by atoms with van der Waals surface area (Å²) in [6, 6.07) is 18.7. The predicted molar refractivity (Wildman–Crippen MR) is 82.1 cm³/mol. The van der Waals surface area contributed by atoms with Gasteiger partial charge in [-0.15, -0.1) is 0 Å². The van der Waals surface area contributed by atoms with E-state index in [1.165, 1.54) is 31.2 Å². The lowest BCUT2D eigenvalue weighted by Crippen LogP contribution is -1.85. The van der Waals surface area contributed by atoms with E-state index in [0.29, 0.717) is 0 Å². The van der Waals surface area contributed by atoms with Crippen LogP contribution in [0.3, 0.4) is 0 Å². The Morgan fingerprint density at radius 1 is 0.737 bits per heavy atom. The van der Waals surface area contributed by atoms with Crippen molar-refractivity contribution >= 4 is 0 Å². The van der Waals surface area contributed by atoms with Gasteiger partial charge in [0.15, 0.2) is 0 Å². The molecule has 2 aromatic carbocycles. The van der Waals surface area contributed by atoms with Crippen molar-refractivity contribution < 1.29 is 0 Å². The second kappa shape index (κ2) is 7.44. The Morgan fingerprint density at radius 3 is 2.00 bits per heavy atom. The summed E-state index contributed by atoms with van der Waals surface area (Å²) in [6.45, 7) is 2.24. The maximum absolute atomic E-state index is 3.21. The summed E-state index contributed by atoms with van der Waals surface area (Å²) in [6.07, 6.45) is 5.06. The van der Waals surface area contributed by atoms with Crippen molar-refractivity contribution in [2.24, 2.45) is 0 Å². The quantitative estimate of drug-likeness (QED) is 0.537. The van der Waals surface area contributed by atoms with Crippen LogP contribution < -0.4 is 0 Å². The third-order valence-electron chi connectivity index (χ3n) is 3.15. The lowest BCUT2D eigenvalue weighted by Gasteiger charge is -2.00. The molecule has 0 nitrogen and oxygen atoms in total. The molecule has 0 N–H and O–H groups in total. The lowest BCUT2D eigenvalue weighted by atomic mass is 10.1. The van der Waals surface area contributed by atoms with Gasteiger partial charge < -0.3 is 0 Å². The van der Waals surface area contributed by atoms with Crippen LogP contribution in [0.2, 0.25) is 0 Å². The van der Waals surface area contributed by atoms with Gasteiger partial charge in [0.05, 0.1) is 0 Å². The van der Waals surface area contributed by atoms with Crippen molar-refractivity contribution in [3.63, 3.8) is 0 Å². The van der Waals surface area contributed by atoms with E-state index in [4.69, 9.17) is 0 Å². The van der Waals surface area contributed by atoms with Crippen LogP contribution in [0.4, 0.5) is 0 Å². The van der Waals surface area contributed by atoms with Crippen LogP contribution in [-0.4, -0.2) is 0 Å². The standard InChI is InChI=1S/C19H20/c1-2-3-5-8-18-12-15-19(16-13-18)14-11-17-9-6-4-7-10-17/h4,6-7,9-10,12-13,15-16H,2-3,5,8H2,1H3. The van der Waals surface area contributed by atoms with Crippen LogP contribution in [0.25, 0.3) is 0 Å². The van der Waals surface area contributed by atoms with E-state index in [-0.39, 0.29) is 0 Å². The minimum Gasteiger partial charge on any atom is -0.0654 e. The highest BCUT2D eigenvalue weighted by Crippen LogP contribution is 2.08. The molecule has 0 aliphatic carbocycles. The number of benzene rings is 2. The minimum atomic E-state index is 1.06. The van der Waals surface area contributed by atoms with Crippen molar-refractivity contribution in [3.05, 3.63) is 71.3 Å². The van der Waals surface area contributed by atoms with Crippen LogP contribution in [0.15, 0.2) is 54.6 Å². The van der Waals surface area contributed by atoms with E-state index < -0.39 is 0 Å². The van der Waals surface area contributed by atoms with E-state index >= 15 is 0 Å². The zero-order valence-electron chi connectivity index (χ0n) is 11.5. The van der Waals surface area contributed by atoms with Gasteiger partial charge >= 0.3 is 0 Å². The van der Waals surface area contributed by atoms with Crippen molar-refractivity contribution in [1.82, 2.24) is 0 Å². The first-order chi connectivity index (χ1) is 9.38. The molecule has 0 heterocycles. The Labute approximate surface area is 116 Å². The fourth-order valence-electron chi connectivity index (χ4n) is 2.00. The number of hydrogen-bond donors (Lipinski definition) is 0. The number of rotatable bonds is 4. The SMILES string of the molecule is CCCCCc1ccc(C#Cc2ccccc2)cc1. The van der Waals surface area contributed by atoms with E-state index in [1.807, 2.05) is 30.3 Å². The highest BCUT2D eigenvalue weighted by molar-refractivity contribution is 5.43. The molecule has 96 valence electrons. The van der Waals surface area contributed by atoms with Gasteiger partial charge in [-0.2, -0.15) is 0 Å². The molecule has 0 aliphatic heterocycles. The fourth-order valence-corrected chi connectivity index (χ4v) is 2.00. The summed E-state index contributed by atoms with van der Waals surface area (Å²) in [5.41, 5.74) is 3.57. The monoisotopic (exact) mass is 248 g/mol. The third kappa shape index (κ3) is 4.64. The second-order valence-electron chi connectivity index (χ2n) is 4.77. The largest absolute Gasteiger partial charge is 0.0654 e. The van der Waals surface area contributed by atoms with Crippen molar-refractivity contribution in [1.29, 1.82) is 0 Å². The number of unbranched alkanes of at least 4 members (excludes halogenated alkanes) is 2. The van der Waals surface area contributed by atoms with Crippen LogP contribution in [0, 0.1) is 11.8 Å². The normalized spacial score (nSPS) is 9.74. The summed E-state index contributed by atoms with van der Waals surface area (Å²) in [5, 5.41) is 0. The molecule has 0 heteroatoms. The Balaban J connectivity index is 1.97. The Morgan fingerprint density at radius 2 is 1.37 bits per heavy atom. The summed E-state index contributed by atoms with van der Waals surface area (Å²) >= 11 is 0. The highest BCUT2D eigenvalue weighted by Gasteiger charge is 1.93. The van der Waals surface area contributed by atoms with Crippen LogP contribution in [0.5, 0.6) is 0 Å². The highest BCUT2D eigenvalue weighted by atomic mass is 14.0. The van der Waals surface area contributed by atoms with Gasteiger partial charge in [-0.1, -0.05) is 61.9 Å². The molecule has 0 fully saturated rings. The maximum Gasteiger partial charge on any atom is 0.0249 e. The molecule has 0 amide bonds. The molecule has 2 aromatic rings. The van der Waals surface area contributed by atoms with Gasteiger partial charge in [-0.3, -0.25) is 0 Å². The molecular formula is C19H20. The molecule has 19 heavy (non-hydrogen) atoms. The Bertz CT molecular complexity index is 538. The van der Waals surface area contributed by atoms with Gasteiger partial charge in [0, 0.05) is 11.1 Å². The van der Waals surface area contributed by atoms with E-state index in [2.05, 4.69) is 43.0 Å². The Hall–Kier alpha value is -2.00. The van der Waals surface area contributed by atoms with Crippen molar-refractivity contribution in [2.75, 3.05) is 0 Å². The number of aryl methyl sites for hydroxylation is 1. The molecular weight excluding hydrogens is 228 g/mol. The topological polar surface area (TPSA) is 0 Å². The molecule has 0 spiro atoms. The Kier molecular flexibility index (Phi) is 5.26. The molecule has 0 aromatic heterocycles. The molecule has 0 saturated heterocycles. The first kappa shape index (κ1) is 13.4. The van der Waals surface area contributed by atoms with Gasteiger partial charge in [0.2, 0.25) is 0 Å². The fraction of sp³-hybridized carbons (Fsp3) is 0.263. The summed E-state index contributed by atoms with van der Waals surface area (Å²) in [4.78, 5) is 0. The molecule has 0 saturated carbocycles. The van der Waals surface area contributed by atoms with E-state index in [9.17, 15) is 0 Å². The first-order valence-corrected chi connectivity index (χ1v) is 7.04. The van der Waals surface area contributed by atoms with E-state index in [0.717, 1.165) is 11.1 Å². The van der Waals surface area contributed by atoms with Gasteiger partial charge in [0.25, 0.3) is 0 Å². The van der Waals surface area contributed by atoms with Gasteiger partial charge in [-0.25, -0.2) is 0 Å². The van der Waals surface area contributed by atoms with Crippen LogP contribution in [0.1, 0.15) is 42.9 Å². The molecule has 0 atom stereocenters. The smallest absolute Gasteiger partial charge is 0.0249 e. The second-order valence-corrected chi connectivity index (χ2v) is 4.77. The molecule has 0 unspecified atom stereocenters. The number of hydrogen-bond acceptors (Lipinski definition) is 0. The predicted octanol–water partition coefficient (Wildman–Crippen LogP) is 4.82. The van der Waals surface area contributed by atoms with Crippen LogP contribution in [-0.2, 0) is 6.42 Å².